The van der Waals surface area contributed by atoms with Crippen LogP contribution in [0.2, 0.25) is 0 Å². The maximum atomic E-state index is 12.8. The molecule has 38 heavy (non-hydrogen) atoms. The molecule has 0 aliphatic rings. The van der Waals surface area contributed by atoms with Crippen LogP contribution in [0.5, 0.6) is 0 Å². The van der Waals surface area contributed by atoms with Crippen LogP contribution in [0.1, 0.15) is 16.1 Å². The van der Waals surface area contributed by atoms with Crippen LogP contribution in [0.15, 0.2) is 49.1 Å². The minimum absolute atomic E-state index is 0.0486. The van der Waals surface area contributed by atoms with E-state index in [4.69, 9.17) is 5.73 Å². The first-order chi connectivity index (χ1) is 17.8. The fraction of sp³-hybridized carbons (Fsp3) is 0.143. The topological polar surface area (TPSA) is 152 Å². The van der Waals surface area contributed by atoms with E-state index in [0.29, 0.717) is 11.6 Å². The summed E-state index contributed by atoms with van der Waals surface area (Å²) in [7, 11) is 0. The van der Waals surface area contributed by atoms with Gasteiger partial charge < -0.3 is 16.4 Å². The van der Waals surface area contributed by atoms with Gasteiger partial charge in [-0.15, -0.1) is 0 Å². The summed E-state index contributed by atoms with van der Waals surface area (Å²) in [6.45, 7) is -1.56. The van der Waals surface area contributed by atoms with Crippen molar-refractivity contribution in [3.63, 3.8) is 0 Å². The van der Waals surface area contributed by atoms with Crippen LogP contribution >= 0.6 is 0 Å². The van der Waals surface area contributed by atoms with Gasteiger partial charge in [-0.1, -0.05) is 12.1 Å². The van der Waals surface area contributed by atoms with Crippen molar-refractivity contribution in [1.82, 2.24) is 29.9 Å². The first-order valence-corrected chi connectivity index (χ1v) is 10.4. The summed E-state index contributed by atoms with van der Waals surface area (Å²) >= 11 is 0. The molecule has 0 radical (unpaired) electrons. The van der Waals surface area contributed by atoms with Gasteiger partial charge in [-0.05, 0) is 23.8 Å². The Morgan fingerprint density at radius 3 is 2.34 bits per heavy atom. The van der Waals surface area contributed by atoms with Gasteiger partial charge in [0, 0.05) is 23.6 Å². The van der Waals surface area contributed by atoms with Crippen molar-refractivity contribution in [1.29, 1.82) is 0 Å². The van der Waals surface area contributed by atoms with E-state index in [-0.39, 0.29) is 28.1 Å². The third-order valence-corrected chi connectivity index (χ3v) is 4.90. The van der Waals surface area contributed by atoms with Crippen LogP contribution in [0, 0.1) is 0 Å². The van der Waals surface area contributed by atoms with E-state index in [1.165, 1.54) is 35.0 Å². The number of hydrogen-bond donors (Lipinski definition) is 4. The van der Waals surface area contributed by atoms with Crippen molar-refractivity contribution in [2.45, 2.75) is 12.4 Å². The summed E-state index contributed by atoms with van der Waals surface area (Å²) in [4.78, 5) is 35.4. The number of rotatable bonds is 5. The molecule has 1 aromatic carbocycles. The summed E-state index contributed by atoms with van der Waals surface area (Å²) in [5.41, 5.74) is 5.30. The zero-order chi connectivity index (χ0) is 27.7. The average Bonchev–Trinajstić information content (AvgIpc) is 3.23. The zero-order valence-electron chi connectivity index (χ0n) is 18.7. The van der Waals surface area contributed by atoms with Crippen molar-refractivity contribution in [2.24, 2.45) is 0 Å². The lowest BCUT2D eigenvalue weighted by Gasteiger charge is -2.11. The van der Waals surface area contributed by atoms with Crippen LogP contribution in [0.4, 0.5) is 48.6 Å². The number of carbonyl (C=O) groups is 2. The van der Waals surface area contributed by atoms with Crippen LogP contribution in [0.25, 0.3) is 16.6 Å². The summed E-state index contributed by atoms with van der Waals surface area (Å²) in [5.74, 6) is -1.67. The Hall–Kier alpha value is -4.96. The highest BCUT2D eigenvalue weighted by Gasteiger charge is 2.33. The van der Waals surface area contributed by atoms with Crippen molar-refractivity contribution in [3.8, 4) is 11.1 Å². The Morgan fingerprint density at radius 1 is 0.974 bits per heavy atom. The predicted molar refractivity (Wildman–Crippen MR) is 121 cm³/mol. The number of benzene rings is 1. The number of anilines is 3. The summed E-state index contributed by atoms with van der Waals surface area (Å²) < 4.78 is 77.4. The molecule has 0 aliphatic heterocycles. The van der Waals surface area contributed by atoms with Crippen molar-refractivity contribution < 1.29 is 35.9 Å². The van der Waals surface area contributed by atoms with E-state index in [1.807, 2.05) is 0 Å². The number of nitrogen functional groups attached to an aromatic ring is 1. The van der Waals surface area contributed by atoms with E-state index >= 15 is 0 Å². The number of urea groups is 1. The number of halogens is 6. The Kier molecular flexibility index (Phi) is 6.75. The van der Waals surface area contributed by atoms with Gasteiger partial charge in [0.05, 0.1) is 5.56 Å². The molecule has 0 saturated carbocycles. The molecule has 5 N–H and O–H groups in total. The van der Waals surface area contributed by atoms with Gasteiger partial charge in [-0.25, -0.2) is 24.3 Å². The monoisotopic (exact) mass is 539 g/mol. The average molecular weight is 539 g/mol. The Labute approximate surface area is 208 Å². The highest BCUT2D eigenvalue weighted by Crippen LogP contribution is 2.33. The largest absolute Gasteiger partial charge is 0.433 e. The molecule has 0 saturated heterocycles. The van der Waals surface area contributed by atoms with E-state index in [9.17, 15) is 35.9 Å². The van der Waals surface area contributed by atoms with Crippen LogP contribution in [-0.2, 0) is 6.18 Å². The maximum Gasteiger partial charge on any atom is 0.433 e. The molecule has 0 aliphatic carbocycles. The molecule has 0 bridgehead atoms. The Morgan fingerprint density at radius 2 is 1.68 bits per heavy atom. The van der Waals surface area contributed by atoms with E-state index < -0.39 is 42.5 Å². The molecule has 3 heterocycles. The number of fused-ring (bicyclic) bond motifs is 1. The second-order valence-corrected chi connectivity index (χ2v) is 7.57. The highest BCUT2D eigenvalue weighted by molar-refractivity contribution is 6.07. The van der Waals surface area contributed by atoms with Gasteiger partial charge in [-0.3, -0.25) is 10.1 Å². The normalized spacial score (nSPS) is 11.8. The van der Waals surface area contributed by atoms with Gasteiger partial charge in [0.1, 0.15) is 24.1 Å². The van der Waals surface area contributed by atoms with E-state index in [2.05, 4.69) is 30.7 Å². The standard InChI is InChI=1S/C21H15F6N9O2/c22-20(23,24)8-30-17(37)12-7-36-15(16(28)31-9-32-36)14(12)10-1-3-11(4-2-10)33-19(38)35-18-29-6-5-13(34-18)21(25,26)27/h1-7,9H,8H2,(H,30,37)(H2,28,31,32)(H2,29,33,34,35,38). The minimum atomic E-state index is -4.73. The van der Waals surface area contributed by atoms with E-state index in [1.54, 1.807) is 5.32 Å². The molecule has 11 nitrogen and oxygen atoms in total. The van der Waals surface area contributed by atoms with Crippen LogP contribution in [-0.4, -0.2) is 49.2 Å². The van der Waals surface area contributed by atoms with Crippen molar-refractivity contribution in [3.05, 3.63) is 60.3 Å². The maximum absolute atomic E-state index is 12.8. The van der Waals surface area contributed by atoms with Crippen molar-refractivity contribution >= 4 is 34.9 Å². The smallest absolute Gasteiger partial charge is 0.382 e. The van der Waals surface area contributed by atoms with E-state index in [0.717, 1.165) is 12.5 Å². The molecule has 0 atom stereocenters. The molecular weight excluding hydrogens is 524 g/mol. The molecule has 198 valence electrons. The number of carbonyl (C=O) groups excluding carboxylic acids is 2. The lowest BCUT2D eigenvalue weighted by Crippen LogP contribution is -2.33. The number of aromatic nitrogens is 5. The molecule has 0 spiro atoms. The summed E-state index contributed by atoms with van der Waals surface area (Å²) in [6, 6.07) is 5.31. The number of nitrogens with two attached hydrogens (primary N) is 1. The minimum Gasteiger partial charge on any atom is -0.382 e. The first kappa shape index (κ1) is 26.1. The van der Waals surface area contributed by atoms with Crippen LogP contribution < -0.4 is 21.7 Å². The summed E-state index contributed by atoms with van der Waals surface area (Å²) in [6.07, 6.45) is -6.24. The lowest BCUT2D eigenvalue weighted by molar-refractivity contribution is -0.141. The molecule has 3 aromatic heterocycles. The third-order valence-electron chi connectivity index (χ3n) is 4.90. The second-order valence-electron chi connectivity index (χ2n) is 7.57. The van der Waals surface area contributed by atoms with Gasteiger partial charge >= 0.3 is 18.4 Å². The van der Waals surface area contributed by atoms with Crippen molar-refractivity contribution in [2.75, 3.05) is 22.9 Å². The second kappa shape index (κ2) is 9.83. The van der Waals surface area contributed by atoms with Gasteiger partial charge in [-0.2, -0.15) is 31.4 Å². The highest BCUT2D eigenvalue weighted by atomic mass is 19.4. The number of nitrogens with one attached hydrogen (secondary N) is 3. The third kappa shape index (κ3) is 5.88. The zero-order valence-corrected chi connectivity index (χ0v) is 18.7. The fourth-order valence-electron chi connectivity index (χ4n) is 3.34. The molecule has 0 unspecified atom stereocenters. The molecule has 17 heteroatoms. The van der Waals surface area contributed by atoms with Gasteiger partial charge in [0.2, 0.25) is 5.95 Å². The first-order valence-electron chi connectivity index (χ1n) is 10.4. The van der Waals surface area contributed by atoms with Crippen LogP contribution in [0.3, 0.4) is 0 Å². The molecule has 0 fully saturated rings. The predicted octanol–water partition coefficient (Wildman–Crippen LogP) is 3.72. The number of amides is 3. The molecule has 4 rings (SSSR count). The molecule has 3 amide bonds. The SMILES string of the molecule is Nc1ncnn2cc(C(=O)NCC(F)(F)F)c(-c3ccc(NC(=O)Nc4nccc(C(F)(F)F)n4)cc3)c12. The summed E-state index contributed by atoms with van der Waals surface area (Å²) in [5, 5.41) is 10.2. The van der Waals surface area contributed by atoms with Gasteiger partial charge in [0.25, 0.3) is 5.91 Å². The van der Waals surface area contributed by atoms with Gasteiger partial charge in [0.15, 0.2) is 5.82 Å². The number of hydrogen-bond acceptors (Lipinski definition) is 7. The number of alkyl halides is 6. The Balaban J connectivity index is 1.57. The molecule has 4 aromatic rings. The fourth-order valence-corrected chi connectivity index (χ4v) is 3.34. The Bertz CT molecular complexity index is 1500. The molecular formula is C21H15F6N9O2. The quantitative estimate of drug-likeness (QED) is 0.282. The lowest BCUT2D eigenvalue weighted by atomic mass is 10.0. The number of nitrogens with zero attached hydrogens (tertiary/aromatic N) is 5.